The quantitative estimate of drug-likeness (QED) is 0.418. The number of carbonyl (C=O) groups is 1. The highest BCUT2D eigenvalue weighted by Gasteiger charge is 2.17. The number of hydrogen-bond donors (Lipinski definition) is 1. The van der Waals surface area contributed by atoms with Gasteiger partial charge in [0, 0.05) is 22.2 Å². The molecule has 0 saturated heterocycles. The fourth-order valence-electron chi connectivity index (χ4n) is 2.57. The third-order valence-corrected chi connectivity index (χ3v) is 5.13. The molecule has 1 heterocycles. The van der Waals surface area contributed by atoms with Gasteiger partial charge >= 0.3 is 5.97 Å². The molecule has 1 N–H and O–H groups in total. The van der Waals surface area contributed by atoms with Gasteiger partial charge < -0.3 is 9.84 Å². The Kier molecular flexibility index (Phi) is 7.41. The van der Waals surface area contributed by atoms with Crippen molar-refractivity contribution in [2.45, 2.75) is 20.8 Å². The first-order valence-corrected chi connectivity index (χ1v) is 9.48. The summed E-state index contributed by atoms with van der Waals surface area (Å²) in [5, 5.41) is 9.40. The van der Waals surface area contributed by atoms with Gasteiger partial charge in [0.2, 0.25) is 0 Å². The molecule has 2 aromatic rings. The molecular formula is C23H23NO3S. The summed E-state index contributed by atoms with van der Waals surface area (Å²) in [4.78, 5) is 16.8. The van der Waals surface area contributed by atoms with Crippen LogP contribution in [0.3, 0.4) is 0 Å². The van der Waals surface area contributed by atoms with Crippen LogP contribution in [0.1, 0.15) is 32.0 Å². The molecule has 1 aromatic carbocycles. The van der Waals surface area contributed by atoms with E-state index < -0.39 is 5.97 Å². The lowest BCUT2D eigenvalue weighted by Crippen LogP contribution is -2.00. The number of carboxylic acids is 1. The first-order valence-electron chi connectivity index (χ1n) is 8.66. The zero-order valence-electron chi connectivity index (χ0n) is 16.2. The second-order valence-electron chi connectivity index (χ2n) is 6.08. The largest absolute Gasteiger partial charge is 0.477 e. The predicted molar refractivity (Wildman–Crippen MR) is 117 cm³/mol. The fourth-order valence-corrected chi connectivity index (χ4v) is 3.33. The van der Waals surface area contributed by atoms with Gasteiger partial charge in [-0.3, -0.25) is 4.98 Å². The van der Waals surface area contributed by atoms with Gasteiger partial charge in [-0.15, -0.1) is 0 Å². The molecule has 144 valence electrons. The summed E-state index contributed by atoms with van der Waals surface area (Å²) in [7, 11) is 0. The molecule has 0 atom stereocenters. The van der Waals surface area contributed by atoms with E-state index in [9.17, 15) is 9.90 Å². The number of hydrogen-bond acceptors (Lipinski definition) is 4. The lowest BCUT2D eigenvalue weighted by Gasteiger charge is -2.15. The Morgan fingerprint density at radius 3 is 2.46 bits per heavy atom. The van der Waals surface area contributed by atoms with Crippen LogP contribution in [0.15, 0.2) is 78.6 Å². The van der Waals surface area contributed by atoms with Gasteiger partial charge in [-0.05, 0) is 38.5 Å². The normalized spacial score (nSPS) is 10.9. The van der Waals surface area contributed by atoms with Gasteiger partial charge in [-0.1, -0.05) is 60.8 Å². The Hall–Kier alpha value is -3.05. The molecule has 5 heteroatoms. The maximum absolute atomic E-state index is 11.5. The first-order chi connectivity index (χ1) is 13.4. The summed E-state index contributed by atoms with van der Waals surface area (Å²) in [6, 6.07) is 11.7. The molecule has 0 fully saturated rings. The van der Waals surface area contributed by atoms with Gasteiger partial charge in [0.1, 0.15) is 5.76 Å². The summed E-state index contributed by atoms with van der Waals surface area (Å²) in [5.74, 6) is -0.340. The summed E-state index contributed by atoms with van der Waals surface area (Å²) in [6.45, 7) is 13.1. The van der Waals surface area contributed by atoms with Crippen LogP contribution in [0.2, 0.25) is 0 Å². The van der Waals surface area contributed by atoms with E-state index in [2.05, 4.69) is 18.1 Å². The molecule has 0 bridgehead atoms. The highest BCUT2D eigenvalue weighted by Crippen LogP contribution is 2.36. The van der Waals surface area contributed by atoms with Gasteiger partial charge in [-0.25, -0.2) is 4.79 Å². The van der Waals surface area contributed by atoms with Gasteiger partial charge in [0.15, 0.2) is 0 Å². The van der Waals surface area contributed by atoms with Gasteiger partial charge in [0.25, 0.3) is 0 Å². The molecule has 0 aliphatic heterocycles. The molecule has 2 rings (SSSR count). The van der Waals surface area contributed by atoms with Crippen LogP contribution in [0.5, 0.6) is 0 Å². The van der Waals surface area contributed by atoms with E-state index in [1.54, 1.807) is 20.0 Å². The summed E-state index contributed by atoms with van der Waals surface area (Å²) in [5.41, 5.74) is 4.03. The number of thioether (sulfide) groups is 1. The molecule has 0 spiro atoms. The lowest BCUT2D eigenvalue weighted by molar-refractivity contribution is -0.131. The third kappa shape index (κ3) is 5.02. The molecule has 28 heavy (non-hydrogen) atoms. The SMILES string of the molecule is C=CO/C(=C\C)c1cc(C(=C)SC(C(=O)O)=C(C)C)ncc1-c1ccccc1. The summed E-state index contributed by atoms with van der Waals surface area (Å²) >= 11 is 1.10. The number of pyridine rings is 1. The van der Waals surface area contributed by atoms with Crippen LogP contribution in [-0.2, 0) is 9.53 Å². The highest BCUT2D eigenvalue weighted by molar-refractivity contribution is 8.12. The molecular weight excluding hydrogens is 370 g/mol. The Bertz CT molecular complexity index is 955. The lowest BCUT2D eigenvalue weighted by atomic mass is 9.99. The standard InChI is InChI=1S/C23H23NO3S/c1-6-21(27-7-2)18-13-20(16(5)28-22(15(3)4)23(25)26)24-14-19(18)17-11-9-8-10-12-17/h6-14H,2,5H2,1,3-4H3,(H,25,26)/b21-6-. The van der Waals surface area contributed by atoms with Crippen LogP contribution in [0.25, 0.3) is 21.8 Å². The number of aromatic nitrogens is 1. The fraction of sp³-hybridized carbons (Fsp3) is 0.130. The zero-order valence-corrected chi connectivity index (χ0v) is 17.0. The Morgan fingerprint density at radius 2 is 1.93 bits per heavy atom. The monoisotopic (exact) mass is 393 g/mol. The van der Waals surface area contributed by atoms with Crippen LogP contribution in [0, 0.1) is 0 Å². The second-order valence-corrected chi connectivity index (χ2v) is 7.18. The highest BCUT2D eigenvalue weighted by atomic mass is 32.2. The number of rotatable bonds is 8. The Morgan fingerprint density at radius 1 is 1.25 bits per heavy atom. The van der Waals surface area contributed by atoms with Crippen molar-refractivity contribution in [1.29, 1.82) is 0 Å². The van der Waals surface area contributed by atoms with Crippen molar-refractivity contribution in [3.63, 3.8) is 0 Å². The number of benzene rings is 1. The van der Waals surface area contributed by atoms with E-state index >= 15 is 0 Å². The molecule has 0 unspecified atom stereocenters. The average Bonchev–Trinajstić information content (AvgIpc) is 2.69. The topological polar surface area (TPSA) is 59.4 Å². The van der Waals surface area contributed by atoms with E-state index in [1.165, 1.54) is 6.26 Å². The molecule has 0 saturated carbocycles. The number of aliphatic carboxylic acids is 1. The van der Waals surface area contributed by atoms with Crippen LogP contribution < -0.4 is 0 Å². The van der Waals surface area contributed by atoms with Crippen molar-refractivity contribution in [3.05, 3.63) is 89.8 Å². The maximum atomic E-state index is 11.5. The molecule has 0 radical (unpaired) electrons. The van der Waals surface area contributed by atoms with Gasteiger partial charge in [0.05, 0.1) is 16.9 Å². The molecule has 0 amide bonds. The van der Waals surface area contributed by atoms with E-state index in [-0.39, 0.29) is 4.91 Å². The molecule has 0 aliphatic carbocycles. The summed E-state index contributed by atoms with van der Waals surface area (Å²) in [6.07, 6.45) is 4.98. The molecule has 4 nitrogen and oxygen atoms in total. The van der Waals surface area contributed by atoms with E-state index in [0.717, 1.165) is 28.5 Å². The average molecular weight is 394 g/mol. The minimum atomic E-state index is -0.976. The van der Waals surface area contributed by atoms with Crippen molar-refractivity contribution in [2.24, 2.45) is 0 Å². The van der Waals surface area contributed by atoms with Crippen molar-refractivity contribution in [2.75, 3.05) is 0 Å². The predicted octanol–water partition coefficient (Wildman–Crippen LogP) is 6.35. The number of carboxylic acid groups (broad SMARTS) is 1. The van der Waals surface area contributed by atoms with E-state index in [4.69, 9.17) is 4.74 Å². The zero-order chi connectivity index (χ0) is 20.7. The van der Waals surface area contributed by atoms with Crippen LogP contribution in [-0.4, -0.2) is 16.1 Å². The first kappa shape index (κ1) is 21.3. The summed E-state index contributed by atoms with van der Waals surface area (Å²) < 4.78 is 5.59. The Balaban J connectivity index is 2.54. The minimum absolute atomic E-state index is 0.245. The number of ether oxygens (including phenoxy) is 1. The van der Waals surface area contributed by atoms with Crippen molar-refractivity contribution in [3.8, 4) is 11.1 Å². The number of nitrogens with zero attached hydrogens (tertiary/aromatic N) is 1. The molecule has 0 aliphatic rings. The molecule has 1 aromatic heterocycles. The van der Waals surface area contributed by atoms with E-state index in [0.29, 0.717) is 21.9 Å². The maximum Gasteiger partial charge on any atom is 0.342 e. The smallest absolute Gasteiger partial charge is 0.342 e. The van der Waals surface area contributed by atoms with Crippen molar-refractivity contribution >= 4 is 28.4 Å². The Labute approximate surface area is 170 Å². The van der Waals surface area contributed by atoms with Crippen LogP contribution >= 0.6 is 11.8 Å². The van der Waals surface area contributed by atoms with Crippen LogP contribution in [0.4, 0.5) is 0 Å². The minimum Gasteiger partial charge on any atom is -0.477 e. The third-order valence-electron chi connectivity index (χ3n) is 3.89. The van der Waals surface area contributed by atoms with Crippen molar-refractivity contribution in [1.82, 2.24) is 4.98 Å². The van der Waals surface area contributed by atoms with Crippen molar-refractivity contribution < 1.29 is 14.6 Å². The second kappa shape index (κ2) is 9.76. The van der Waals surface area contributed by atoms with Gasteiger partial charge in [-0.2, -0.15) is 0 Å². The van der Waals surface area contributed by atoms with E-state index in [1.807, 2.05) is 49.4 Å². The number of allylic oxidation sites excluding steroid dienone is 2.